The van der Waals surface area contributed by atoms with Crippen molar-refractivity contribution in [3.63, 3.8) is 0 Å². The van der Waals surface area contributed by atoms with Gasteiger partial charge in [-0.05, 0) is 88.6 Å². The van der Waals surface area contributed by atoms with Crippen molar-refractivity contribution < 1.29 is 19.0 Å². The molecular weight excluding hydrogens is 675 g/mol. The van der Waals surface area contributed by atoms with E-state index in [0.29, 0.717) is 19.6 Å². The topological polar surface area (TPSA) is 48.0 Å². The van der Waals surface area contributed by atoms with Crippen molar-refractivity contribution in [1.82, 2.24) is 4.90 Å². The van der Waals surface area contributed by atoms with Gasteiger partial charge in [-0.25, -0.2) is 0 Å². The van der Waals surface area contributed by atoms with Crippen LogP contribution < -0.4 is 0 Å². The summed E-state index contributed by atoms with van der Waals surface area (Å²) in [5, 5.41) is 0. The lowest BCUT2D eigenvalue weighted by atomic mass is 9.99. The summed E-state index contributed by atoms with van der Waals surface area (Å²) in [4.78, 5) is 14.2. The Labute approximate surface area is 315 Å². The number of hydrogen-bond donors (Lipinski definition) is 0. The van der Waals surface area contributed by atoms with Crippen LogP contribution in [0.4, 0.5) is 0 Å². The molecule has 0 aromatic carbocycles. The summed E-state index contributed by atoms with van der Waals surface area (Å²) in [5.74, 6) is 10.0. The summed E-state index contributed by atoms with van der Waals surface area (Å²) in [5.41, 5.74) is 0. The minimum atomic E-state index is -0.433. The molecule has 0 aliphatic carbocycles. The van der Waals surface area contributed by atoms with Crippen LogP contribution in [0.5, 0.6) is 0 Å². The highest BCUT2D eigenvalue weighted by molar-refractivity contribution is 8.03. The fraction of sp³-hybridized carbons (Fsp3) is 0.974. The lowest BCUT2D eigenvalue weighted by Gasteiger charge is -2.28. The van der Waals surface area contributed by atoms with Crippen molar-refractivity contribution in [3.05, 3.63) is 0 Å². The normalized spacial score (nSPS) is 15.9. The molecule has 0 bridgehead atoms. The van der Waals surface area contributed by atoms with Crippen molar-refractivity contribution >= 4 is 53.0 Å². The molecule has 1 heterocycles. The van der Waals surface area contributed by atoms with Crippen LogP contribution in [0.3, 0.4) is 0 Å². The Bertz CT molecular complexity index is 671. The lowest BCUT2D eigenvalue weighted by Crippen LogP contribution is -2.31. The number of thioether (sulfide) groups is 4. The maximum atomic E-state index is 12.1. The molecule has 1 atom stereocenters. The maximum absolute atomic E-state index is 12.1. The van der Waals surface area contributed by atoms with Crippen LogP contribution in [0.2, 0.25) is 0 Å². The van der Waals surface area contributed by atoms with E-state index in [1.807, 2.05) is 14.1 Å². The van der Waals surface area contributed by atoms with Crippen molar-refractivity contribution in [2.24, 2.45) is 0 Å². The molecule has 48 heavy (non-hydrogen) atoms. The highest BCUT2D eigenvalue weighted by atomic mass is 32.2. The van der Waals surface area contributed by atoms with E-state index in [1.165, 1.54) is 149 Å². The quantitative estimate of drug-likeness (QED) is 0.0456. The average molecular weight is 752 g/mol. The molecule has 0 amide bonds. The Balaban J connectivity index is 2.25. The summed E-state index contributed by atoms with van der Waals surface area (Å²) in [7, 11) is 4.06. The van der Waals surface area contributed by atoms with E-state index in [0.717, 1.165) is 32.2 Å². The number of carbonyl (C=O) groups is 1. The van der Waals surface area contributed by atoms with Gasteiger partial charge in [-0.2, -0.15) is 47.0 Å². The number of nitrogens with zero attached hydrogens (tertiary/aromatic N) is 1. The van der Waals surface area contributed by atoms with Crippen LogP contribution in [0.25, 0.3) is 0 Å². The highest BCUT2D eigenvalue weighted by Gasteiger charge is 2.40. The monoisotopic (exact) mass is 751 g/mol. The predicted octanol–water partition coefficient (Wildman–Crippen LogP) is 11.4. The van der Waals surface area contributed by atoms with E-state index < -0.39 is 5.79 Å². The second-order valence-corrected chi connectivity index (χ2v) is 18.7. The van der Waals surface area contributed by atoms with E-state index in [-0.39, 0.29) is 12.1 Å². The van der Waals surface area contributed by atoms with Gasteiger partial charge in [0.25, 0.3) is 0 Å². The first-order valence-electron chi connectivity index (χ1n) is 19.9. The van der Waals surface area contributed by atoms with Gasteiger partial charge in [0, 0.05) is 48.7 Å². The molecule has 0 saturated carbocycles. The smallest absolute Gasteiger partial charge is 0.305 e. The molecule has 0 spiro atoms. The molecule has 0 aromatic rings. The Morgan fingerprint density at radius 1 is 0.646 bits per heavy atom. The fourth-order valence-corrected chi connectivity index (χ4v) is 10.3. The molecule has 0 radical (unpaired) electrons. The molecule has 9 heteroatoms. The predicted molar refractivity (Wildman–Crippen MR) is 221 cm³/mol. The fourth-order valence-electron chi connectivity index (χ4n) is 5.81. The molecule has 1 fully saturated rings. The second-order valence-electron chi connectivity index (χ2n) is 13.8. The molecule has 1 unspecified atom stereocenters. The number of rotatable bonds is 37. The van der Waals surface area contributed by atoms with Gasteiger partial charge in [0.1, 0.15) is 0 Å². The summed E-state index contributed by atoms with van der Waals surface area (Å²) < 4.78 is 18.6. The number of hydrogen-bond acceptors (Lipinski definition) is 9. The molecule has 0 N–H and O–H groups in total. The Morgan fingerprint density at radius 2 is 1.10 bits per heavy atom. The summed E-state index contributed by atoms with van der Waals surface area (Å²) in [6.45, 7) is 6.52. The Morgan fingerprint density at radius 3 is 1.58 bits per heavy atom. The minimum Gasteiger partial charge on any atom is -0.466 e. The lowest BCUT2D eigenvalue weighted by molar-refractivity contribution is -0.181. The third-order valence-corrected chi connectivity index (χ3v) is 13.6. The number of unbranched alkanes of at least 4 members (excludes halogenated alkanes) is 12. The Kier molecular flexibility index (Phi) is 33.9. The van der Waals surface area contributed by atoms with Crippen molar-refractivity contribution in [3.8, 4) is 0 Å². The van der Waals surface area contributed by atoms with Gasteiger partial charge in [-0.1, -0.05) is 78.1 Å². The first-order valence-corrected chi connectivity index (χ1v) is 24.6. The molecule has 5 nitrogen and oxygen atoms in total. The number of esters is 1. The summed E-state index contributed by atoms with van der Waals surface area (Å²) >= 11 is 8.53. The maximum Gasteiger partial charge on any atom is 0.305 e. The van der Waals surface area contributed by atoms with Crippen LogP contribution in [-0.2, 0) is 19.0 Å². The molecule has 1 rings (SSSR count). The van der Waals surface area contributed by atoms with E-state index in [9.17, 15) is 4.79 Å². The van der Waals surface area contributed by atoms with Gasteiger partial charge in [-0.3, -0.25) is 4.79 Å². The van der Waals surface area contributed by atoms with Gasteiger partial charge in [0.2, 0.25) is 0 Å². The van der Waals surface area contributed by atoms with Crippen LogP contribution in [0.15, 0.2) is 0 Å². The molecule has 0 aromatic heterocycles. The van der Waals surface area contributed by atoms with Crippen LogP contribution in [0.1, 0.15) is 149 Å². The standard InChI is InChI=1S/C39H77NO4S4/c1-5-7-28-45-32-34-47-30-19-15-11-9-13-17-24-39(25-18-14-10-12-16-20-31-48-35-33-46-29-8-6-2)43-36-37(44-39)23-27-42-38(41)22-21-26-40(3)4/h37H,5-36H2,1-4H3. The van der Waals surface area contributed by atoms with E-state index in [4.69, 9.17) is 14.2 Å². The molecule has 1 aliphatic heterocycles. The zero-order chi connectivity index (χ0) is 34.8. The number of ether oxygens (including phenoxy) is 3. The molecule has 1 saturated heterocycles. The van der Waals surface area contributed by atoms with Crippen molar-refractivity contribution in [1.29, 1.82) is 0 Å². The minimum absolute atomic E-state index is 0.0321. The van der Waals surface area contributed by atoms with Gasteiger partial charge in [0.15, 0.2) is 5.79 Å². The average Bonchev–Trinajstić information content (AvgIpc) is 3.47. The third kappa shape index (κ3) is 29.3. The van der Waals surface area contributed by atoms with Crippen LogP contribution >= 0.6 is 47.0 Å². The van der Waals surface area contributed by atoms with E-state index >= 15 is 0 Å². The first kappa shape index (κ1) is 46.8. The Hall–Kier alpha value is 0.750. The van der Waals surface area contributed by atoms with Gasteiger partial charge in [-0.15, -0.1) is 0 Å². The summed E-state index contributed by atoms with van der Waals surface area (Å²) in [6.07, 6.45) is 25.1. The van der Waals surface area contributed by atoms with Crippen LogP contribution in [0, 0.1) is 0 Å². The van der Waals surface area contributed by atoms with Crippen molar-refractivity contribution in [2.45, 2.75) is 161 Å². The zero-order valence-corrected chi connectivity index (χ0v) is 35.2. The van der Waals surface area contributed by atoms with E-state index in [1.54, 1.807) is 0 Å². The van der Waals surface area contributed by atoms with Gasteiger partial charge < -0.3 is 19.1 Å². The van der Waals surface area contributed by atoms with Gasteiger partial charge >= 0.3 is 5.97 Å². The van der Waals surface area contributed by atoms with Crippen LogP contribution in [-0.4, -0.2) is 103 Å². The SMILES string of the molecule is CCCCSCCSCCCCCCCCC1(CCCCCCCCSCCSCCCC)OCC(CCOC(=O)CCCN(C)C)O1. The molecular formula is C39H77NO4S4. The number of carbonyl (C=O) groups excluding carboxylic acids is 1. The van der Waals surface area contributed by atoms with E-state index in [2.05, 4.69) is 65.8 Å². The van der Waals surface area contributed by atoms with Gasteiger partial charge in [0.05, 0.1) is 19.3 Å². The zero-order valence-electron chi connectivity index (χ0n) is 31.9. The second kappa shape index (κ2) is 34.8. The summed E-state index contributed by atoms with van der Waals surface area (Å²) in [6, 6.07) is 0. The third-order valence-electron chi connectivity index (χ3n) is 8.82. The molecule has 1 aliphatic rings. The highest BCUT2D eigenvalue weighted by Crippen LogP contribution is 2.35. The molecule has 286 valence electrons. The van der Waals surface area contributed by atoms with Crippen molar-refractivity contribution in [2.75, 3.05) is 79.9 Å². The first-order chi connectivity index (χ1) is 23.5. The largest absolute Gasteiger partial charge is 0.466 e.